The van der Waals surface area contributed by atoms with Crippen LogP contribution in [0.15, 0.2) is 23.8 Å². The quantitative estimate of drug-likeness (QED) is 0.528. The molecule has 0 saturated heterocycles. The predicted molar refractivity (Wildman–Crippen MR) is 47.4 cm³/mol. The maximum Gasteiger partial charge on any atom is 0.0789 e. The van der Waals surface area contributed by atoms with E-state index in [-0.39, 0.29) is 6.10 Å². The first-order valence-corrected chi connectivity index (χ1v) is 4.28. The smallest absolute Gasteiger partial charge is 0.0789 e. The van der Waals surface area contributed by atoms with Crippen LogP contribution < -0.4 is 0 Å². The summed E-state index contributed by atoms with van der Waals surface area (Å²) in [5.74, 6) is 0. The summed E-state index contributed by atoms with van der Waals surface area (Å²) in [6.07, 6.45) is 5.98. The molecule has 1 heteroatoms. The van der Waals surface area contributed by atoms with Crippen LogP contribution in [0.3, 0.4) is 0 Å². The molecular weight excluding hydrogens is 136 g/mol. The normalized spacial score (nSPS) is 30.5. The maximum atomic E-state index is 9.59. The van der Waals surface area contributed by atoms with Gasteiger partial charge in [0.1, 0.15) is 0 Å². The Morgan fingerprint density at radius 2 is 2.27 bits per heavy atom. The van der Waals surface area contributed by atoms with E-state index in [0.29, 0.717) is 0 Å². The molecule has 11 heavy (non-hydrogen) atoms. The van der Waals surface area contributed by atoms with Crippen molar-refractivity contribution in [3.05, 3.63) is 23.8 Å². The second kappa shape index (κ2) is 3.72. The summed E-state index contributed by atoms with van der Waals surface area (Å²) < 4.78 is 0. The monoisotopic (exact) mass is 152 g/mol. The van der Waals surface area contributed by atoms with Gasteiger partial charge in [0.15, 0.2) is 0 Å². The van der Waals surface area contributed by atoms with Crippen LogP contribution >= 0.6 is 0 Å². The molecule has 0 aromatic heterocycles. The van der Waals surface area contributed by atoms with E-state index in [4.69, 9.17) is 0 Å². The van der Waals surface area contributed by atoms with Gasteiger partial charge in [-0.25, -0.2) is 0 Å². The first-order valence-electron chi connectivity index (χ1n) is 4.28. The van der Waals surface area contributed by atoms with Gasteiger partial charge in [0.05, 0.1) is 6.10 Å². The van der Waals surface area contributed by atoms with Gasteiger partial charge < -0.3 is 5.11 Å². The van der Waals surface area contributed by atoms with Crippen LogP contribution in [0.4, 0.5) is 0 Å². The molecule has 0 radical (unpaired) electrons. The molecule has 62 valence electrons. The summed E-state index contributed by atoms with van der Waals surface area (Å²) in [4.78, 5) is 0. The summed E-state index contributed by atoms with van der Waals surface area (Å²) in [6.45, 7) is 5.92. The third-order valence-electron chi connectivity index (χ3n) is 2.28. The first kappa shape index (κ1) is 8.54. The number of allylic oxidation sites excluding steroid dienone is 1. The molecule has 0 heterocycles. The topological polar surface area (TPSA) is 20.2 Å². The van der Waals surface area contributed by atoms with Crippen LogP contribution in [0, 0.1) is 0 Å². The minimum Gasteiger partial charge on any atom is -0.388 e. The van der Waals surface area contributed by atoms with E-state index in [1.165, 1.54) is 6.42 Å². The fraction of sp³-hybridized carbons (Fsp3) is 0.600. The largest absolute Gasteiger partial charge is 0.388 e. The molecule has 0 aromatic carbocycles. The molecule has 0 spiro atoms. The van der Waals surface area contributed by atoms with Gasteiger partial charge >= 0.3 is 0 Å². The Hall–Kier alpha value is -0.560. The lowest BCUT2D eigenvalue weighted by Crippen LogP contribution is -2.08. The SMILES string of the molecule is C=C1CCCC[C@@H](O)/C1=C\C. The zero-order valence-corrected chi connectivity index (χ0v) is 7.14. The van der Waals surface area contributed by atoms with Crippen LogP contribution in [0.25, 0.3) is 0 Å². The van der Waals surface area contributed by atoms with Crippen LogP contribution in [0.5, 0.6) is 0 Å². The van der Waals surface area contributed by atoms with E-state index in [0.717, 1.165) is 30.4 Å². The Bertz CT molecular complexity index is 179. The van der Waals surface area contributed by atoms with Crippen molar-refractivity contribution in [2.75, 3.05) is 0 Å². The minimum atomic E-state index is -0.255. The van der Waals surface area contributed by atoms with Crippen molar-refractivity contribution in [2.24, 2.45) is 0 Å². The van der Waals surface area contributed by atoms with Crippen molar-refractivity contribution >= 4 is 0 Å². The van der Waals surface area contributed by atoms with E-state index in [2.05, 4.69) is 6.58 Å². The zero-order chi connectivity index (χ0) is 8.27. The van der Waals surface area contributed by atoms with Gasteiger partial charge in [0, 0.05) is 0 Å². The Morgan fingerprint density at radius 1 is 1.55 bits per heavy atom. The summed E-state index contributed by atoms with van der Waals surface area (Å²) in [6, 6.07) is 0. The molecule has 1 nitrogen and oxygen atoms in total. The Morgan fingerprint density at radius 3 is 2.91 bits per heavy atom. The molecule has 1 N–H and O–H groups in total. The van der Waals surface area contributed by atoms with Gasteiger partial charge in [-0.3, -0.25) is 0 Å². The van der Waals surface area contributed by atoms with E-state index in [9.17, 15) is 5.11 Å². The molecule has 1 aliphatic rings. The summed E-state index contributed by atoms with van der Waals surface area (Å²) >= 11 is 0. The van der Waals surface area contributed by atoms with E-state index >= 15 is 0 Å². The molecule has 0 amide bonds. The lowest BCUT2D eigenvalue weighted by atomic mass is 10.0. The fourth-order valence-electron chi connectivity index (χ4n) is 1.61. The molecule has 1 aliphatic carbocycles. The van der Waals surface area contributed by atoms with Gasteiger partial charge in [0.2, 0.25) is 0 Å². The van der Waals surface area contributed by atoms with Crippen LogP contribution in [-0.2, 0) is 0 Å². The minimum absolute atomic E-state index is 0.255. The van der Waals surface area contributed by atoms with Crippen molar-refractivity contribution in [3.8, 4) is 0 Å². The maximum absolute atomic E-state index is 9.59. The molecule has 1 saturated carbocycles. The molecule has 1 fully saturated rings. The van der Waals surface area contributed by atoms with Gasteiger partial charge in [-0.05, 0) is 37.3 Å². The lowest BCUT2D eigenvalue weighted by Gasteiger charge is -2.11. The highest BCUT2D eigenvalue weighted by atomic mass is 16.3. The number of aliphatic hydroxyl groups excluding tert-OH is 1. The van der Waals surface area contributed by atoms with Crippen molar-refractivity contribution in [1.82, 2.24) is 0 Å². The summed E-state index contributed by atoms with van der Waals surface area (Å²) in [7, 11) is 0. The van der Waals surface area contributed by atoms with Gasteiger partial charge in [-0.1, -0.05) is 19.1 Å². The number of hydrogen-bond acceptors (Lipinski definition) is 1. The van der Waals surface area contributed by atoms with Crippen molar-refractivity contribution in [2.45, 2.75) is 38.7 Å². The predicted octanol–water partition coefficient (Wildman–Crippen LogP) is 2.42. The molecule has 0 aliphatic heterocycles. The van der Waals surface area contributed by atoms with E-state index in [1.54, 1.807) is 0 Å². The Labute approximate surface area is 68.4 Å². The number of hydrogen-bond donors (Lipinski definition) is 1. The van der Waals surface area contributed by atoms with Crippen molar-refractivity contribution in [1.29, 1.82) is 0 Å². The Balaban J connectivity index is 2.75. The van der Waals surface area contributed by atoms with E-state index in [1.807, 2.05) is 13.0 Å². The molecule has 0 aromatic rings. The number of rotatable bonds is 0. The highest BCUT2D eigenvalue weighted by Gasteiger charge is 2.15. The van der Waals surface area contributed by atoms with Crippen LogP contribution in [-0.4, -0.2) is 11.2 Å². The fourth-order valence-corrected chi connectivity index (χ4v) is 1.61. The second-order valence-electron chi connectivity index (χ2n) is 3.11. The third kappa shape index (κ3) is 1.93. The molecule has 1 rings (SSSR count). The first-order chi connectivity index (χ1) is 5.25. The summed E-state index contributed by atoms with van der Waals surface area (Å²) in [5.41, 5.74) is 2.18. The van der Waals surface area contributed by atoms with Crippen molar-refractivity contribution < 1.29 is 5.11 Å². The highest BCUT2D eigenvalue weighted by Crippen LogP contribution is 2.26. The van der Waals surface area contributed by atoms with Gasteiger partial charge in [0.25, 0.3) is 0 Å². The average Bonchev–Trinajstić information content (AvgIpc) is 2.12. The van der Waals surface area contributed by atoms with Crippen LogP contribution in [0.1, 0.15) is 32.6 Å². The molecule has 1 atom stereocenters. The summed E-state index contributed by atoms with van der Waals surface area (Å²) in [5, 5.41) is 9.59. The average molecular weight is 152 g/mol. The van der Waals surface area contributed by atoms with Gasteiger partial charge in [-0.15, -0.1) is 0 Å². The molecule has 0 unspecified atom stereocenters. The Kier molecular flexibility index (Phi) is 2.89. The van der Waals surface area contributed by atoms with E-state index < -0.39 is 0 Å². The molecule has 0 bridgehead atoms. The second-order valence-corrected chi connectivity index (χ2v) is 3.11. The van der Waals surface area contributed by atoms with Gasteiger partial charge in [-0.2, -0.15) is 0 Å². The lowest BCUT2D eigenvalue weighted by molar-refractivity contribution is 0.203. The van der Waals surface area contributed by atoms with Crippen LogP contribution in [0.2, 0.25) is 0 Å². The molecular formula is C10H16O. The number of aliphatic hydroxyl groups is 1. The highest BCUT2D eigenvalue weighted by molar-refractivity contribution is 5.31. The third-order valence-corrected chi connectivity index (χ3v) is 2.28. The standard InChI is InChI=1S/C10H16O/c1-3-9-8(2)6-4-5-7-10(9)11/h3,10-11H,2,4-7H2,1H3/b9-3-/t10-/m1/s1. The van der Waals surface area contributed by atoms with Crippen molar-refractivity contribution in [3.63, 3.8) is 0 Å². The zero-order valence-electron chi connectivity index (χ0n) is 7.14.